The highest BCUT2D eigenvalue weighted by atomic mass is 32.1. The smallest absolute Gasteiger partial charge is 0.275 e. The van der Waals surface area contributed by atoms with Gasteiger partial charge in [-0.05, 0) is 46.9 Å². The molecule has 5 rings (SSSR count). The minimum atomic E-state index is -0.152. The molecule has 170 valence electrons. The highest BCUT2D eigenvalue weighted by Crippen LogP contribution is 2.22. The number of para-hydroxylation sites is 1. The molecule has 1 N–H and O–H groups in total. The second kappa shape index (κ2) is 9.19. The van der Waals surface area contributed by atoms with Gasteiger partial charge in [0.2, 0.25) is 10.9 Å². The highest BCUT2D eigenvalue weighted by Gasteiger charge is 2.15. The summed E-state index contributed by atoms with van der Waals surface area (Å²) in [4.78, 5) is 26.4. The van der Waals surface area contributed by atoms with Crippen LogP contribution in [0.3, 0.4) is 0 Å². The summed E-state index contributed by atoms with van der Waals surface area (Å²) in [5.74, 6) is 0.399. The van der Waals surface area contributed by atoms with E-state index in [9.17, 15) is 9.59 Å². The van der Waals surface area contributed by atoms with Crippen molar-refractivity contribution >= 4 is 44.7 Å². The monoisotopic (exact) mass is 468 g/mol. The van der Waals surface area contributed by atoms with Crippen molar-refractivity contribution in [1.29, 1.82) is 0 Å². The van der Waals surface area contributed by atoms with Crippen LogP contribution in [0.2, 0.25) is 0 Å². The molecule has 6 nitrogen and oxygen atoms in total. The fraction of sp³-hybridized carbons (Fsp3) is 0.185. The average molecular weight is 469 g/mol. The summed E-state index contributed by atoms with van der Waals surface area (Å²) >= 11 is 1.31. The molecular weight excluding hydrogens is 444 g/mol. The maximum atomic E-state index is 13.2. The Hall–Kier alpha value is -3.84. The Balaban J connectivity index is 1.41. The lowest BCUT2D eigenvalue weighted by Crippen LogP contribution is -2.25. The number of fused-ring (bicyclic) bond motifs is 2. The molecule has 2 aromatic heterocycles. The van der Waals surface area contributed by atoms with Gasteiger partial charge >= 0.3 is 0 Å². The van der Waals surface area contributed by atoms with Gasteiger partial charge in [0.1, 0.15) is 5.82 Å². The fourth-order valence-corrected chi connectivity index (χ4v) is 5.14. The number of carbonyl (C=O) groups excluding carboxylic acids is 1. The van der Waals surface area contributed by atoms with E-state index < -0.39 is 0 Å². The molecule has 0 saturated heterocycles. The van der Waals surface area contributed by atoms with Crippen LogP contribution in [0.5, 0.6) is 0 Å². The second-order valence-electron chi connectivity index (χ2n) is 8.23. The first kappa shape index (κ1) is 22.0. The SMILES string of the molecule is CCc1cccc(C)c1NC(=O)CCc1nnc2s/c(=C\c3cccc4ccccc34)c(=O)n12. The summed E-state index contributed by atoms with van der Waals surface area (Å²) in [7, 11) is 0. The average Bonchev–Trinajstić information content (AvgIpc) is 3.39. The summed E-state index contributed by atoms with van der Waals surface area (Å²) < 4.78 is 2.12. The maximum absolute atomic E-state index is 13.2. The Bertz CT molecular complexity index is 1630. The van der Waals surface area contributed by atoms with E-state index in [0.29, 0.717) is 21.7 Å². The molecular formula is C27H24N4O2S. The number of amides is 1. The van der Waals surface area contributed by atoms with Crippen molar-refractivity contribution < 1.29 is 4.79 Å². The number of aromatic nitrogens is 3. The zero-order valence-corrected chi connectivity index (χ0v) is 19.9. The molecule has 1 amide bonds. The molecule has 0 fully saturated rings. The molecule has 0 spiro atoms. The van der Waals surface area contributed by atoms with Crippen LogP contribution >= 0.6 is 11.3 Å². The van der Waals surface area contributed by atoms with Crippen LogP contribution in [0.1, 0.15) is 35.9 Å². The van der Waals surface area contributed by atoms with Crippen molar-refractivity contribution in [2.75, 3.05) is 5.32 Å². The topological polar surface area (TPSA) is 76.4 Å². The summed E-state index contributed by atoms with van der Waals surface area (Å²) in [6.45, 7) is 4.05. The van der Waals surface area contributed by atoms with E-state index >= 15 is 0 Å². The number of carbonyl (C=O) groups is 1. The van der Waals surface area contributed by atoms with E-state index in [0.717, 1.165) is 39.6 Å². The third-order valence-electron chi connectivity index (χ3n) is 6.01. The van der Waals surface area contributed by atoms with Gasteiger partial charge in [-0.3, -0.25) is 9.59 Å². The molecule has 0 unspecified atom stereocenters. The van der Waals surface area contributed by atoms with Crippen LogP contribution in [0.15, 0.2) is 65.5 Å². The first-order valence-corrected chi connectivity index (χ1v) is 12.1. The number of nitrogens with zero attached hydrogens (tertiary/aromatic N) is 3. The van der Waals surface area contributed by atoms with E-state index in [1.54, 1.807) is 0 Å². The van der Waals surface area contributed by atoms with Crippen molar-refractivity contribution in [3.63, 3.8) is 0 Å². The molecule has 7 heteroatoms. The molecule has 0 atom stereocenters. The largest absolute Gasteiger partial charge is 0.326 e. The molecule has 0 saturated carbocycles. The van der Waals surface area contributed by atoms with Crippen LogP contribution in [-0.4, -0.2) is 20.5 Å². The van der Waals surface area contributed by atoms with Crippen LogP contribution < -0.4 is 15.4 Å². The molecule has 0 bridgehead atoms. The van der Waals surface area contributed by atoms with E-state index in [1.807, 2.05) is 61.5 Å². The standard InChI is InChI=1S/C27H24N4O2S/c1-3-18-10-6-8-17(2)25(18)28-24(32)15-14-23-29-30-27-31(23)26(33)22(34-27)16-20-12-7-11-19-9-4-5-13-21(19)20/h4-13,16H,3,14-15H2,1-2H3,(H,28,32)/b22-16-. The lowest BCUT2D eigenvalue weighted by atomic mass is 10.0. The van der Waals surface area contributed by atoms with E-state index in [2.05, 4.69) is 34.6 Å². The Morgan fingerprint density at radius 1 is 1.06 bits per heavy atom. The third kappa shape index (κ3) is 4.10. The van der Waals surface area contributed by atoms with Gasteiger partial charge in [-0.25, -0.2) is 4.40 Å². The highest BCUT2D eigenvalue weighted by molar-refractivity contribution is 7.15. The van der Waals surface area contributed by atoms with Crippen LogP contribution in [0, 0.1) is 6.92 Å². The van der Waals surface area contributed by atoms with Gasteiger partial charge in [0, 0.05) is 18.5 Å². The van der Waals surface area contributed by atoms with Crippen molar-refractivity contribution in [3.05, 3.63) is 98.1 Å². The maximum Gasteiger partial charge on any atom is 0.275 e. The number of hydrogen-bond acceptors (Lipinski definition) is 5. The Labute approximate surface area is 200 Å². The number of thiazole rings is 1. The van der Waals surface area contributed by atoms with Crippen LogP contribution in [0.25, 0.3) is 21.8 Å². The molecule has 3 aromatic carbocycles. The van der Waals surface area contributed by atoms with Gasteiger partial charge < -0.3 is 5.32 Å². The van der Waals surface area contributed by atoms with Crippen molar-refractivity contribution in [2.24, 2.45) is 0 Å². The van der Waals surface area contributed by atoms with Gasteiger partial charge in [0.25, 0.3) is 5.56 Å². The van der Waals surface area contributed by atoms with E-state index in [4.69, 9.17) is 0 Å². The number of hydrogen-bond donors (Lipinski definition) is 1. The molecule has 0 aliphatic heterocycles. The predicted octanol–water partition coefficient (Wildman–Crippen LogP) is 4.29. The molecule has 0 aliphatic rings. The van der Waals surface area contributed by atoms with Gasteiger partial charge in [-0.1, -0.05) is 78.9 Å². The fourth-order valence-electron chi connectivity index (χ4n) is 4.22. The Morgan fingerprint density at radius 3 is 2.71 bits per heavy atom. The Kier molecular flexibility index (Phi) is 5.94. The lowest BCUT2D eigenvalue weighted by Gasteiger charge is -2.12. The van der Waals surface area contributed by atoms with Crippen molar-refractivity contribution in [2.45, 2.75) is 33.1 Å². The second-order valence-corrected chi connectivity index (χ2v) is 9.24. The van der Waals surface area contributed by atoms with Crippen molar-refractivity contribution in [1.82, 2.24) is 14.6 Å². The summed E-state index contributed by atoms with van der Waals surface area (Å²) in [5, 5.41) is 13.6. The summed E-state index contributed by atoms with van der Waals surface area (Å²) in [5.41, 5.74) is 3.84. The van der Waals surface area contributed by atoms with Gasteiger partial charge in [-0.2, -0.15) is 0 Å². The minimum Gasteiger partial charge on any atom is -0.326 e. The first-order chi connectivity index (χ1) is 16.5. The van der Waals surface area contributed by atoms with Gasteiger partial charge in [-0.15, -0.1) is 10.2 Å². The number of nitrogens with one attached hydrogen (secondary N) is 1. The zero-order valence-electron chi connectivity index (χ0n) is 19.0. The first-order valence-electron chi connectivity index (χ1n) is 11.3. The minimum absolute atomic E-state index is 0.106. The third-order valence-corrected chi connectivity index (χ3v) is 6.96. The normalized spacial score (nSPS) is 12.0. The Morgan fingerprint density at radius 2 is 1.85 bits per heavy atom. The van der Waals surface area contributed by atoms with E-state index in [1.165, 1.54) is 15.7 Å². The molecule has 5 aromatic rings. The zero-order chi connectivity index (χ0) is 23.7. The van der Waals surface area contributed by atoms with Gasteiger partial charge in [0.15, 0.2) is 0 Å². The molecule has 34 heavy (non-hydrogen) atoms. The number of benzene rings is 3. The molecule has 0 aliphatic carbocycles. The van der Waals surface area contributed by atoms with Crippen molar-refractivity contribution in [3.8, 4) is 0 Å². The molecule has 0 radical (unpaired) electrons. The quantitative estimate of drug-likeness (QED) is 0.403. The van der Waals surface area contributed by atoms with E-state index in [-0.39, 0.29) is 17.9 Å². The summed E-state index contributed by atoms with van der Waals surface area (Å²) in [6.07, 6.45) is 3.30. The van der Waals surface area contributed by atoms with Gasteiger partial charge in [0.05, 0.1) is 4.53 Å². The predicted molar refractivity (Wildman–Crippen MR) is 137 cm³/mol. The van der Waals surface area contributed by atoms with Crippen LogP contribution in [0.4, 0.5) is 5.69 Å². The number of anilines is 1. The number of aryl methyl sites for hydroxylation is 3. The number of rotatable bonds is 6. The molecule has 2 heterocycles. The van der Waals surface area contributed by atoms with Crippen LogP contribution in [-0.2, 0) is 17.6 Å². The summed E-state index contributed by atoms with van der Waals surface area (Å²) in [6, 6.07) is 20.1. The lowest BCUT2D eigenvalue weighted by molar-refractivity contribution is -0.116.